The highest BCUT2D eigenvalue weighted by Gasteiger charge is 2.15. The molecular formula is C74H82ClN5O16. The summed E-state index contributed by atoms with van der Waals surface area (Å²) in [6.07, 6.45) is 2.89. The molecule has 0 saturated carbocycles. The SMILES string of the molecule is CCC(=NCC(=O)CCc1cccc(O)c1)c1ccc(O)c(C)c1O.CCC(=O)c1ccc(O)c(C)c1O.NCC(=O)CCc1cccc(O)c1.NCc1cccc(O)c1.Nc1cccc(O)c1.O=C(CNc1cccc(O)c1)Oc1ccccc1.O=C(Cl)Oc1ccccc1. The highest BCUT2D eigenvalue weighted by atomic mass is 35.5. The van der Waals surface area contributed by atoms with Crippen LogP contribution in [-0.4, -0.2) is 100 Å². The fraction of sp³-hybridized carbons (Fsp3) is 0.189. The lowest BCUT2D eigenvalue weighted by Gasteiger charge is -2.10. The molecule has 16 N–H and O–H groups in total. The van der Waals surface area contributed by atoms with Gasteiger partial charge in [-0.3, -0.25) is 19.4 Å². The molecule has 0 fully saturated rings. The number of nitrogen functional groups attached to an aromatic ring is 1. The van der Waals surface area contributed by atoms with Crippen molar-refractivity contribution in [2.24, 2.45) is 16.5 Å². The Bertz CT molecular complexity index is 3910. The molecule has 0 atom stereocenters. The highest BCUT2D eigenvalue weighted by Crippen LogP contribution is 2.32. The van der Waals surface area contributed by atoms with E-state index >= 15 is 0 Å². The molecule has 9 aromatic rings. The number of hydrogen-bond acceptors (Lipinski definition) is 21. The predicted molar refractivity (Wildman–Crippen MR) is 373 cm³/mol. The second-order valence-electron chi connectivity index (χ2n) is 20.5. The van der Waals surface area contributed by atoms with Crippen LogP contribution < -0.4 is 32.0 Å². The van der Waals surface area contributed by atoms with E-state index in [0.29, 0.717) is 90.3 Å². The van der Waals surface area contributed by atoms with E-state index in [1.807, 2.05) is 37.3 Å². The Hall–Kier alpha value is -11.4. The molecule has 0 unspecified atom stereocenters. The van der Waals surface area contributed by atoms with Gasteiger partial charge in [0.25, 0.3) is 0 Å². The maximum Gasteiger partial charge on any atom is 0.409 e. The molecule has 96 heavy (non-hydrogen) atoms. The third-order valence-electron chi connectivity index (χ3n) is 13.2. The fourth-order valence-electron chi connectivity index (χ4n) is 8.01. The zero-order chi connectivity index (χ0) is 71.0. The van der Waals surface area contributed by atoms with E-state index in [1.165, 1.54) is 30.3 Å². The van der Waals surface area contributed by atoms with Crippen LogP contribution in [0, 0.1) is 13.8 Å². The summed E-state index contributed by atoms with van der Waals surface area (Å²) in [5.41, 5.74) is 21.2. The molecule has 0 spiro atoms. The van der Waals surface area contributed by atoms with Gasteiger partial charge in [-0.2, -0.15) is 0 Å². The topological polar surface area (TPSA) is 388 Å². The number of Topliss-reactive ketones (excluding diaryl/α,β-unsaturated/α-hetero) is 3. The van der Waals surface area contributed by atoms with Gasteiger partial charge in [0.05, 0.1) is 18.7 Å². The van der Waals surface area contributed by atoms with Crippen LogP contribution >= 0.6 is 11.6 Å². The lowest BCUT2D eigenvalue weighted by Crippen LogP contribution is -2.19. The number of carbonyl (C=O) groups is 5. The Morgan fingerprint density at radius 3 is 1.34 bits per heavy atom. The average Bonchev–Trinajstić information content (AvgIpc) is 0.923. The van der Waals surface area contributed by atoms with Crippen molar-refractivity contribution in [1.29, 1.82) is 0 Å². The van der Waals surface area contributed by atoms with Crippen LogP contribution in [0.3, 0.4) is 0 Å². The van der Waals surface area contributed by atoms with Gasteiger partial charge in [0, 0.05) is 83.3 Å². The maximum atomic E-state index is 12.1. The van der Waals surface area contributed by atoms with Crippen molar-refractivity contribution < 1.29 is 79.4 Å². The smallest absolute Gasteiger partial charge is 0.409 e. The first-order valence-corrected chi connectivity index (χ1v) is 30.4. The van der Waals surface area contributed by atoms with Crippen LogP contribution in [0.25, 0.3) is 0 Å². The van der Waals surface area contributed by atoms with Gasteiger partial charge in [-0.15, -0.1) is 0 Å². The van der Waals surface area contributed by atoms with Gasteiger partial charge in [0.15, 0.2) is 11.6 Å². The van der Waals surface area contributed by atoms with E-state index < -0.39 is 5.43 Å². The number of phenolic OH excluding ortho intramolecular Hbond substituents is 9. The molecule has 0 heterocycles. The van der Waals surface area contributed by atoms with Crippen LogP contribution in [-0.2, 0) is 33.8 Å². The van der Waals surface area contributed by atoms with Gasteiger partial charge in [-0.05, 0) is 159 Å². The number of aromatic hydroxyl groups is 9. The number of carbonyl (C=O) groups excluding carboxylic acids is 5. The molecule has 0 aliphatic heterocycles. The van der Waals surface area contributed by atoms with Gasteiger partial charge in [0.2, 0.25) is 0 Å². The zero-order valence-corrected chi connectivity index (χ0v) is 54.4. The number of ether oxygens (including phenoxy) is 2. The van der Waals surface area contributed by atoms with Crippen LogP contribution in [0.1, 0.15) is 83.3 Å². The molecule has 0 aromatic heterocycles. The monoisotopic (exact) mass is 1330 g/mol. The summed E-state index contributed by atoms with van der Waals surface area (Å²) in [6, 6.07) is 57.2. The van der Waals surface area contributed by atoms with E-state index in [2.05, 4.69) is 15.0 Å². The molecule has 22 heteroatoms. The molecule has 0 aliphatic carbocycles. The summed E-state index contributed by atoms with van der Waals surface area (Å²) in [7, 11) is 0. The van der Waals surface area contributed by atoms with E-state index in [9.17, 15) is 54.6 Å². The first kappa shape index (κ1) is 78.9. The predicted octanol–water partition coefficient (Wildman–Crippen LogP) is 13.0. The number of ketones is 3. The van der Waals surface area contributed by atoms with Gasteiger partial charge in [-0.25, -0.2) is 9.59 Å². The third-order valence-corrected chi connectivity index (χ3v) is 13.2. The number of nitrogens with two attached hydrogens (primary N) is 3. The molecule has 9 rings (SSSR count). The lowest BCUT2D eigenvalue weighted by atomic mass is 10.0. The van der Waals surface area contributed by atoms with E-state index in [1.54, 1.807) is 166 Å². The highest BCUT2D eigenvalue weighted by molar-refractivity contribution is 6.61. The van der Waals surface area contributed by atoms with Gasteiger partial charge >= 0.3 is 11.4 Å². The van der Waals surface area contributed by atoms with Crippen LogP contribution in [0.2, 0.25) is 0 Å². The Morgan fingerprint density at radius 1 is 0.479 bits per heavy atom. The number of para-hydroxylation sites is 2. The number of esters is 1. The minimum Gasteiger partial charge on any atom is -0.508 e. The Morgan fingerprint density at radius 2 is 0.917 bits per heavy atom. The number of nitrogens with zero attached hydrogens (tertiary/aromatic N) is 1. The molecule has 506 valence electrons. The summed E-state index contributed by atoms with van der Waals surface area (Å²) < 4.78 is 9.64. The Kier molecular flexibility index (Phi) is 35.7. The molecular weight excluding hydrogens is 1250 g/mol. The second kappa shape index (κ2) is 43.4. The standard InChI is InChI=1S/C20H23NO4.C14H13NO3.C10H13NO2.C10H12O3.C7H5ClO2.C7H9NO.C6H7NO/c1-3-18(17-9-10-19(24)13(2)20(17)25)21-12-16(23)8-7-14-5-4-6-15(22)11-14;16-12-6-4-5-11(9-12)15-10-14(17)18-13-7-2-1-3-8-13;11-7-10(13)5-4-8-2-1-3-9(12)6-8;1-3-8(11)7-4-5-9(12)6(2)10(7)13;8-7(9)10-6-4-2-1-3-5-6;8-5-6-2-1-3-7(9)4-6;7-5-2-1-3-6(8)4-5/h4-6,9-11,22,24-25H,3,7-8,12H2,1-2H3;1-9,15-16H,10H2;1-3,6,12H,4-5,7,11H2;4-5,12-13H,3H2,1-2H3;1-5H;1-4,9H,5,8H2;1-4,8H,7H2. The summed E-state index contributed by atoms with van der Waals surface area (Å²) in [5.74, 6) is 1.47. The Balaban J connectivity index is 0.000000302. The van der Waals surface area contributed by atoms with Crippen molar-refractivity contribution >= 4 is 57.4 Å². The maximum absolute atomic E-state index is 12.1. The Labute approximate surface area is 562 Å². The first-order valence-electron chi connectivity index (χ1n) is 30.0. The van der Waals surface area contributed by atoms with Crippen molar-refractivity contribution in [3.05, 3.63) is 245 Å². The van der Waals surface area contributed by atoms with Crippen molar-refractivity contribution in [1.82, 2.24) is 0 Å². The molecule has 0 radical (unpaired) electrons. The molecule has 21 nitrogen and oxygen atoms in total. The number of benzene rings is 9. The van der Waals surface area contributed by atoms with Crippen LogP contribution in [0.15, 0.2) is 211 Å². The summed E-state index contributed by atoms with van der Waals surface area (Å²) >= 11 is 4.95. The summed E-state index contributed by atoms with van der Waals surface area (Å²) in [5, 5.41) is 86.8. The van der Waals surface area contributed by atoms with Crippen molar-refractivity contribution in [3.8, 4) is 63.2 Å². The minimum atomic E-state index is -0.814. The minimum absolute atomic E-state index is 0.00477. The molecule has 0 amide bonds. The summed E-state index contributed by atoms with van der Waals surface area (Å²) in [6.45, 7) is 7.48. The lowest BCUT2D eigenvalue weighted by molar-refractivity contribution is -0.132. The van der Waals surface area contributed by atoms with Crippen molar-refractivity contribution in [2.75, 3.05) is 30.7 Å². The van der Waals surface area contributed by atoms with Gasteiger partial charge in [0.1, 0.15) is 75.6 Å². The fourth-order valence-corrected chi connectivity index (χ4v) is 8.10. The van der Waals surface area contributed by atoms with E-state index in [0.717, 1.165) is 16.7 Å². The number of nitrogens with one attached hydrogen (secondary N) is 1. The number of phenols is 9. The van der Waals surface area contributed by atoms with Crippen molar-refractivity contribution in [2.45, 2.75) is 72.8 Å². The average molecular weight is 1330 g/mol. The van der Waals surface area contributed by atoms with E-state index in [-0.39, 0.29) is 100 Å². The third kappa shape index (κ3) is 31.3. The number of aryl methyl sites for hydroxylation is 2. The number of anilines is 2. The van der Waals surface area contributed by atoms with E-state index in [4.69, 9.17) is 48.9 Å². The number of aliphatic imine (C=N–C) groups is 1. The largest absolute Gasteiger partial charge is 0.508 e. The normalized spacial score (nSPS) is 10.1. The number of rotatable bonds is 19. The zero-order valence-electron chi connectivity index (χ0n) is 53.6. The number of hydrogen-bond donors (Lipinski definition) is 13. The van der Waals surface area contributed by atoms with Crippen LogP contribution in [0.4, 0.5) is 16.2 Å². The second-order valence-corrected chi connectivity index (χ2v) is 20.8. The van der Waals surface area contributed by atoms with Crippen LogP contribution in [0.5, 0.6) is 63.2 Å². The van der Waals surface area contributed by atoms with Gasteiger partial charge in [-0.1, -0.05) is 98.8 Å². The van der Waals surface area contributed by atoms with Crippen molar-refractivity contribution in [3.63, 3.8) is 0 Å². The quantitative estimate of drug-likeness (QED) is 0.00893. The first-order chi connectivity index (χ1) is 45.9. The molecule has 0 aliphatic rings. The molecule has 0 saturated heterocycles. The summed E-state index contributed by atoms with van der Waals surface area (Å²) in [4.78, 5) is 60.3. The molecule has 0 bridgehead atoms. The number of halogens is 1. The molecule has 9 aromatic carbocycles. The van der Waals surface area contributed by atoms with Gasteiger partial charge < -0.3 is 78.0 Å².